The standard InChI is InChI=1S/C15H23N5/c1-11(2)13-9-14-15(17-7-8-20(14)19-13)18-10-12-5-3-4-6-16-12/h7-9,11-12,16H,3-6,10H2,1-2H3,(H,17,18). The molecule has 0 radical (unpaired) electrons. The lowest BCUT2D eigenvalue weighted by molar-refractivity contribution is 0.414. The molecular formula is C15H23N5. The first-order valence-corrected chi connectivity index (χ1v) is 7.55. The van der Waals surface area contributed by atoms with Gasteiger partial charge < -0.3 is 10.6 Å². The van der Waals surface area contributed by atoms with Gasteiger partial charge in [-0.1, -0.05) is 20.3 Å². The molecule has 3 heterocycles. The fourth-order valence-electron chi connectivity index (χ4n) is 2.68. The predicted molar refractivity (Wildman–Crippen MR) is 81.2 cm³/mol. The molecule has 5 heteroatoms. The average molecular weight is 273 g/mol. The van der Waals surface area contributed by atoms with Gasteiger partial charge in [0.25, 0.3) is 0 Å². The molecule has 108 valence electrons. The highest BCUT2D eigenvalue weighted by atomic mass is 15.2. The molecule has 0 amide bonds. The smallest absolute Gasteiger partial charge is 0.152 e. The largest absolute Gasteiger partial charge is 0.367 e. The molecule has 1 aliphatic rings. The van der Waals surface area contributed by atoms with Crippen LogP contribution in [-0.4, -0.2) is 33.7 Å². The Labute approximate surface area is 119 Å². The maximum absolute atomic E-state index is 4.59. The lowest BCUT2D eigenvalue weighted by atomic mass is 10.1. The van der Waals surface area contributed by atoms with Crippen molar-refractivity contribution in [3.05, 3.63) is 24.2 Å². The van der Waals surface area contributed by atoms with Crippen LogP contribution in [0.2, 0.25) is 0 Å². The first-order chi connectivity index (χ1) is 9.74. The van der Waals surface area contributed by atoms with Gasteiger partial charge in [0.1, 0.15) is 5.52 Å². The Kier molecular flexibility index (Phi) is 3.87. The Morgan fingerprint density at radius 2 is 2.35 bits per heavy atom. The van der Waals surface area contributed by atoms with Crippen molar-refractivity contribution in [1.29, 1.82) is 0 Å². The zero-order chi connectivity index (χ0) is 13.9. The van der Waals surface area contributed by atoms with Crippen molar-refractivity contribution >= 4 is 11.3 Å². The van der Waals surface area contributed by atoms with Crippen LogP contribution in [0.15, 0.2) is 18.5 Å². The topological polar surface area (TPSA) is 54.2 Å². The van der Waals surface area contributed by atoms with E-state index in [0.29, 0.717) is 12.0 Å². The van der Waals surface area contributed by atoms with E-state index in [9.17, 15) is 0 Å². The van der Waals surface area contributed by atoms with Crippen LogP contribution in [0.5, 0.6) is 0 Å². The van der Waals surface area contributed by atoms with Crippen molar-refractivity contribution < 1.29 is 0 Å². The molecule has 1 saturated heterocycles. The zero-order valence-corrected chi connectivity index (χ0v) is 12.3. The van der Waals surface area contributed by atoms with E-state index in [-0.39, 0.29) is 0 Å². The summed E-state index contributed by atoms with van der Waals surface area (Å²) in [6, 6.07) is 2.69. The van der Waals surface area contributed by atoms with Crippen LogP contribution in [0.3, 0.4) is 0 Å². The van der Waals surface area contributed by atoms with Crippen molar-refractivity contribution in [1.82, 2.24) is 19.9 Å². The number of nitrogens with zero attached hydrogens (tertiary/aromatic N) is 3. The Morgan fingerprint density at radius 1 is 1.45 bits per heavy atom. The number of piperidine rings is 1. The zero-order valence-electron chi connectivity index (χ0n) is 12.3. The summed E-state index contributed by atoms with van der Waals surface area (Å²) in [5, 5.41) is 11.6. The van der Waals surface area contributed by atoms with Gasteiger partial charge in [-0.2, -0.15) is 5.10 Å². The number of rotatable bonds is 4. The lowest BCUT2D eigenvalue weighted by Gasteiger charge is -2.23. The number of fused-ring (bicyclic) bond motifs is 1. The fourth-order valence-corrected chi connectivity index (χ4v) is 2.68. The molecule has 1 fully saturated rings. The van der Waals surface area contributed by atoms with Crippen molar-refractivity contribution in [2.75, 3.05) is 18.4 Å². The van der Waals surface area contributed by atoms with E-state index in [0.717, 1.165) is 30.1 Å². The van der Waals surface area contributed by atoms with Gasteiger partial charge in [0.15, 0.2) is 5.82 Å². The second-order valence-corrected chi connectivity index (χ2v) is 5.86. The summed E-state index contributed by atoms with van der Waals surface area (Å²) in [5.41, 5.74) is 2.17. The predicted octanol–water partition coefficient (Wildman–Crippen LogP) is 2.41. The maximum Gasteiger partial charge on any atom is 0.152 e. The maximum atomic E-state index is 4.59. The van der Waals surface area contributed by atoms with Crippen LogP contribution in [-0.2, 0) is 0 Å². The molecular weight excluding hydrogens is 250 g/mol. The molecule has 2 aromatic heterocycles. The van der Waals surface area contributed by atoms with E-state index in [1.165, 1.54) is 19.3 Å². The third-order valence-corrected chi connectivity index (χ3v) is 3.93. The summed E-state index contributed by atoms with van der Waals surface area (Å²) in [5.74, 6) is 1.36. The molecule has 20 heavy (non-hydrogen) atoms. The molecule has 0 aromatic carbocycles. The molecule has 0 spiro atoms. The molecule has 0 aliphatic carbocycles. The monoisotopic (exact) mass is 273 g/mol. The average Bonchev–Trinajstić information content (AvgIpc) is 2.91. The van der Waals surface area contributed by atoms with Gasteiger partial charge in [-0.25, -0.2) is 9.50 Å². The number of hydrogen-bond acceptors (Lipinski definition) is 4. The molecule has 1 atom stereocenters. The highest BCUT2D eigenvalue weighted by Crippen LogP contribution is 2.20. The summed E-state index contributed by atoms with van der Waals surface area (Å²) in [6.07, 6.45) is 7.57. The van der Waals surface area contributed by atoms with E-state index in [2.05, 4.69) is 40.6 Å². The second-order valence-electron chi connectivity index (χ2n) is 5.86. The van der Waals surface area contributed by atoms with E-state index >= 15 is 0 Å². The Balaban J connectivity index is 1.76. The third kappa shape index (κ3) is 2.77. The van der Waals surface area contributed by atoms with E-state index in [4.69, 9.17) is 0 Å². The second kappa shape index (κ2) is 5.79. The minimum atomic E-state index is 0.433. The van der Waals surface area contributed by atoms with Gasteiger partial charge in [0.2, 0.25) is 0 Å². The van der Waals surface area contributed by atoms with Gasteiger partial charge in [-0.05, 0) is 31.4 Å². The van der Waals surface area contributed by atoms with E-state index < -0.39 is 0 Å². The van der Waals surface area contributed by atoms with Crippen LogP contribution in [0, 0.1) is 0 Å². The van der Waals surface area contributed by atoms with Crippen LogP contribution in [0.4, 0.5) is 5.82 Å². The van der Waals surface area contributed by atoms with E-state index in [1.807, 2.05) is 10.7 Å². The normalized spacial score (nSPS) is 19.6. The van der Waals surface area contributed by atoms with Crippen molar-refractivity contribution in [2.24, 2.45) is 0 Å². The minimum Gasteiger partial charge on any atom is -0.367 e. The number of aromatic nitrogens is 3. The van der Waals surface area contributed by atoms with Crippen LogP contribution < -0.4 is 10.6 Å². The third-order valence-electron chi connectivity index (χ3n) is 3.93. The summed E-state index contributed by atoms with van der Waals surface area (Å²) < 4.78 is 1.92. The molecule has 2 aromatic rings. The van der Waals surface area contributed by atoms with Gasteiger partial charge in [0, 0.05) is 25.0 Å². The highest BCUT2D eigenvalue weighted by Gasteiger charge is 2.14. The molecule has 1 aliphatic heterocycles. The highest BCUT2D eigenvalue weighted by molar-refractivity contribution is 5.67. The molecule has 0 saturated carbocycles. The van der Waals surface area contributed by atoms with Crippen molar-refractivity contribution in [3.63, 3.8) is 0 Å². The van der Waals surface area contributed by atoms with Gasteiger partial charge in [-0.3, -0.25) is 0 Å². The first kappa shape index (κ1) is 13.4. The van der Waals surface area contributed by atoms with Crippen molar-refractivity contribution in [3.8, 4) is 0 Å². The Hall–Kier alpha value is -1.62. The Bertz CT molecular complexity index is 569. The number of hydrogen-bond donors (Lipinski definition) is 2. The summed E-state index contributed by atoms with van der Waals surface area (Å²) in [4.78, 5) is 4.46. The Morgan fingerprint density at radius 3 is 3.10 bits per heavy atom. The molecule has 0 bridgehead atoms. The van der Waals surface area contributed by atoms with Crippen LogP contribution in [0.1, 0.15) is 44.7 Å². The lowest BCUT2D eigenvalue weighted by Crippen LogP contribution is -2.39. The fraction of sp³-hybridized carbons (Fsp3) is 0.600. The molecule has 1 unspecified atom stereocenters. The van der Waals surface area contributed by atoms with Gasteiger partial charge >= 0.3 is 0 Å². The minimum absolute atomic E-state index is 0.433. The number of nitrogens with one attached hydrogen (secondary N) is 2. The quantitative estimate of drug-likeness (QED) is 0.898. The summed E-state index contributed by atoms with van der Waals surface area (Å²) in [6.45, 7) is 6.38. The SMILES string of the molecule is CC(C)c1cc2c(NCC3CCCCN3)nccn2n1. The molecule has 2 N–H and O–H groups in total. The first-order valence-electron chi connectivity index (χ1n) is 7.55. The van der Waals surface area contributed by atoms with Gasteiger partial charge in [-0.15, -0.1) is 0 Å². The summed E-state index contributed by atoms with van der Waals surface area (Å²) in [7, 11) is 0. The van der Waals surface area contributed by atoms with Crippen molar-refractivity contribution in [2.45, 2.75) is 45.1 Å². The molecule has 3 rings (SSSR count). The summed E-state index contributed by atoms with van der Waals surface area (Å²) >= 11 is 0. The number of anilines is 1. The van der Waals surface area contributed by atoms with Crippen LogP contribution >= 0.6 is 0 Å². The van der Waals surface area contributed by atoms with Gasteiger partial charge in [0.05, 0.1) is 5.69 Å². The van der Waals surface area contributed by atoms with E-state index in [1.54, 1.807) is 6.20 Å². The molecule has 5 nitrogen and oxygen atoms in total. The van der Waals surface area contributed by atoms with Crippen LogP contribution in [0.25, 0.3) is 5.52 Å².